The second-order valence-electron chi connectivity index (χ2n) is 4.92. The minimum absolute atomic E-state index is 0.0321. The van der Waals surface area contributed by atoms with E-state index >= 15 is 0 Å². The summed E-state index contributed by atoms with van der Waals surface area (Å²) in [5.41, 5.74) is 1.58. The molecule has 0 radical (unpaired) electrons. The summed E-state index contributed by atoms with van der Waals surface area (Å²) >= 11 is 0. The van der Waals surface area contributed by atoms with Gasteiger partial charge < -0.3 is 14.0 Å². The Morgan fingerprint density at radius 2 is 2.00 bits per heavy atom. The number of hydrogen-bond acceptors (Lipinski definition) is 4. The number of hydrogen-bond donors (Lipinski definition) is 0. The molecule has 1 aromatic rings. The van der Waals surface area contributed by atoms with Gasteiger partial charge in [-0.2, -0.15) is 0 Å². The van der Waals surface area contributed by atoms with Crippen LogP contribution in [0.2, 0.25) is 0 Å². The van der Waals surface area contributed by atoms with Crippen LogP contribution in [0.1, 0.15) is 35.3 Å². The number of nitrogens with zero attached hydrogens (tertiary/aromatic N) is 1. The number of Topliss-reactive ketones (excluding diaryl/α,β-unsaturated/α-hetero) is 1. The fourth-order valence-electron chi connectivity index (χ4n) is 2.51. The molecule has 0 aromatic carbocycles. The van der Waals surface area contributed by atoms with E-state index in [0.717, 1.165) is 30.5 Å². The third-order valence-electron chi connectivity index (χ3n) is 3.52. The first-order valence-corrected chi connectivity index (χ1v) is 7.06. The van der Waals surface area contributed by atoms with Gasteiger partial charge in [0.25, 0.3) is 5.56 Å². The molecule has 0 spiro atoms. The molecule has 0 N–H and O–H groups in total. The zero-order valence-electron chi connectivity index (χ0n) is 11.9. The molecule has 110 valence electrons. The lowest BCUT2D eigenvalue weighted by Gasteiger charge is -2.19. The maximum atomic E-state index is 12.0. The van der Waals surface area contributed by atoms with Crippen molar-refractivity contribution < 1.29 is 14.3 Å². The molecule has 1 aromatic heterocycles. The summed E-state index contributed by atoms with van der Waals surface area (Å²) in [6.07, 6.45) is 2.99. The van der Waals surface area contributed by atoms with Crippen molar-refractivity contribution in [2.75, 3.05) is 26.9 Å². The van der Waals surface area contributed by atoms with Crippen LogP contribution in [0.3, 0.4) is 0 Å². The van der Waals surface area contributed by atoms with Crippen LogP contribution in [-0.4, -0.2) is 37.3 Å². The summed E-state index contributed by atoms with van der Waals surface area (Å²) in [6.45, 7) is 2.33. The van der Waals surface area contributed by atoms with E-state index in [9.17, 15) is 9.59 Å². The highest BCUT2D eigenvalue weighted by Crippen LogP contribution is 2.19. The highest BCUT2D eigenvalue weighted by atomic mass is 16.5. The van der Waals surface area contributed by atoms with E-state index in [-0.39, 0.29) is 11.3 Å². The summed E-state index contributed by atoms with van der Waals surface area (Å²) < 4.78 is 12.0. The fourth-order valence-corrected chi connectivity index (χ4v) is 2.51. The highest BCUT2D eigenvalue weighted by molar-refractivity contribution is 5.97. The van der Waals surface area contributed by atoms with Crippen molar-refractivity contribution in [3.63, 3.8) is 0 Å². The Morgan fingerprint density at radius 3 is 2.80 bits per heavy atom. The van der Waals surface area contributed by atoms with Gasteiger partial charge in [-0.15, -0.1) is 0 Å². The van der Waals surface area contributed by atoms with Crippen LogP contribution in [0, 0.1) is 0 Å². The second-order valence-corrected chi connectivity index (χ2v) is 4.92. The number of ketones is 1. The number of carbonyl (C=O) groups excluding carboxylic acids is 1. The molecule has 0 unspecified atom stereocenters. The minimum Gasteiger partial charge on any atom is -0.382 e. The topological polar surface area (TPSA) is 57.5 Å². The molecule has 1 aliphatic rings. The van der Waals surface area contributed by atoms with Crippen LogP contribution in [-0.2, 0) is 22.4 Å². The minimum atomic E-state index is -0.0321. The molecule has 0 saturated heterocycles. The van der Waals surface area contributed by atoms with Crippen molar-refractivity contribution in [2.45, 2.75) is 32.2 Å². The van der Waals surface area contributed by atoms with Gasteiger partial charge >= 0.3 is 0 Å². The van der Waals surface area contributed by atoms with Crippen molar-refractivity contribution >= 4 is 5.78 Å². The molecule has 2 rings (SSSR count). The summed E-state index contributed by atoms with van der Waals surface area (Å²) in [5.74, 6) is 0.149. The van der Waals surface area contributed by atoms with E-state index in [0.29, 0.717) is 32.8 Å². The van der Waals surface area contributed by atoms with Gasteiger partial charge in [0.15, 0.2) is 5.78 Å². The van der Waals surface area contributed by atoms with E-state index in [4.69, 9.17) is 9.47 Å². The Labute approximate surface area is 118 Å². The monoisotopic (exact) mass is 279 g/mol. The third kappa shape index (κ3) is 3.55. The van der Waals surface area contributed by atoms with Crippen LogP contribution >= 0.6 is 0 Å². The van der Waals surface area contributed by atoms with Gasteiger partial charge in [-0.3, -0.25) is 9.59 Å². The average Bonchev–Trinajstić information content (AvgIpc) is 2.45. The van der Waals surface area contributed by atoms with Gasteiger partial charge in [0.05, 0.1) is 13.2 Å². The van der Waals surface area contributed by atoms with Gasteiger partial charge in [0, 0.05) is 44.0 Å². The molecule has 20 heavy (non-hydrogen) atoms. The van der Waals surface area contributed by atoms with Crippen LogP contribution < -0.4 is 5.56 Å². The first kappa shape index (κ1) is 14.9. The van der Waals surface area contributed by atoms with Crippen LogP contribution in [0.15, 0.2) is 16.9 Å². The molecule has 5 nitrogen and oxygen atoms in total. The number of fused-ring (bicyclic) bond motifs is 1. The third-order valence-corrected chi connectivity index (χ3v) is 3.52. The Balaban J connectivity index is 1.99. The van der Waals surface area contributed by atoms with Crippen molar-refractivity contribution in [3.05, 3.63) is 33.7 Å². The molecule has 0 aliphatic heterocycles. The molecule has 0 fully saturated rings. The summed E-state index contributed by atoms with van der Waals surface area (Å²) in [6, 6.07) is 3.17. The predicted octanol–water partition coefficient (Wildman–Crippen LogP) is 1.42. The summed E-state index contributed by atoms with van der Waals surface area (Å²) in [4.78, 5) is 23.8. The van der Waals surface area contributed by atoms with Crippen molar-refractivity contribution in [3.8, 4) is 0 Å². The second kappa shape index (κ2) is 7.36. The normalized spacial score (nSPS) is 14.3. The zero-order chi connectivity index (χ0) is 14.4. The lowest BCUT2D eigenvalue weighted by Crippen LogP contribution is -2.28. The fraction of sp³-hybridized carbons (Fsp3) is 0.600. The van der Waals surface area contributed by atoms with Gasteiger partial charge in [-0.1, -0.05) is 0 Å². The number of aromatic nitrogens is 1. The molecule has 1 aliphatic carbocycles. The molecule has 1 heterocycles. The maximum Gasteiger partial charge on any atom is 0.250 e. The van der Waals surface area contributed by atoms with Gasteiger partial charge in [-0.25, -0.2) is 0 Å². The Morgan fingerprint density at radius 1 is 1.15 bits per heavy atom. The van der Waals surface area contributed by atoms with E-state index < -0.39 is 0 Å². The number of rotatable bonds is 7. The van der Waals surface area contributed by atoms with Crippen LogP contribution in [0.5, 0.6) is 0 Å². The molecule has 5 heteroatoms. The van der Waals surface area contributed by atoms with Crippen LogP contribution in [0.4, 0.5) is 0 Å². The Bertz CT molecular complexity index is 521. The molecule has 0 amide bonds. The first-order valence-electron chi connectivity index (χ1n) is 7.06. The Hall–Kier alpha value is -1.46. The lowest BCUT2D eigenvalue weighted by molar-refractivity contribution is 0.0678. The molecular formula is C15H21NO4. The first-order chi connectivity index (χ1) is 9.74. The average molecular weight is 279 g/mol. The lowest BCUT2D eigenvalue weighted by atomic mass is 9.94. The van der Waals surface area contributed by atoms with E-state index in [1.54, 1.807) is 17.7 Å². The number of methoxy groups -OCH3 is 1. The van der Waals surface area contributed by atoms with Gasteiger partial charge in [-0.05, 0) is 25.3 Å². The SMILES string of the molecule is COCCOCCCn1c2c(ccc1=O)C(=O)CCC2. The number of pyridine rings is 1. The van der Waals surface area contributed by atoms with Crippen molar-refractivity contribution in [1.82, 2.24) is 4.57 Å². The van der Waals surface area contributed by atoms with E-state index in [1.807, 2.05) is 0 Å². The highest BCUT2D eigenvalue weighted by Gasteiger charge is 2.20. The predicted molar refractivity (Wildman–Crippen MR) is 75.3 cm³/mol. The summed E-state index contributed by atoms with van der Waals surface area (Å²) in [5, 5.41) is 0. The smallest absolute Gasteiger partial charge is 0.250 e. The largest absolute Gasteiger partial charge is 0.382 e. The number of ether oxygens (including phenoxy) is 2. The van der Waals surface area contributed by atoms with E-state index in [1.165, 1.54) is 6.07 Å². The van der Waals surface area contributed by atoms with Gasteiger partial charge in [0.1, 0.15) is 0 Å². The maximum absolute atomic E-state index is 12.0. The molecule has 0 atom stereocenters. The standard InChI is InChI=1S/C15H21NO4/c1-19-10-11-20-9-3-8-16-13-4-2-5-14(17)12(13)6-7-15(16)18/h6-7H,2-5,8-11H2,1H3. The van der Waals surface area contributed by atoms with Gasteiger partial charge in [0.2, 0.25) is 0 Å². The molecule has 0 saturated carbocycles. The van der Waals surface area contributed by atoms with Crippen molar-refractivity contribution in [1.29, 1.82) is 0 Å². The summed E-state index contributed by atoms with van der Waals surface area (Å²) in [7, 11) is 1.64. The van der Waals surface area contributed by atoms with E-state index in [2.05, 4.69) is 0 Å². The molecule has 0 bridgehead atoms. The Kier molecular flexibility index (Phi) is 5.49. The quantitative estimate of drug-likeness (QED) is 0.708. The van der Waals surface area contributed by atoms with Crippen LogP contribution in [0.25, 0.3) is 0 Å². The van der Waals surface area contributed by atoms with Crippen molar-refractivity contribution in [2.24, 2.45) is 0 Å². The zero-order valence-corrected chi connectivity index (χ0v) is 11.9. The molecular weight excluding hydrogens is 258 g/mol. The number of carbonyl (C=O) groups is 1.